The number of benzene rings is 2. The first kappa shape index (κ1) is 18.5. The van der Waals surface area contributed by atoms with Gasteiger partial charge in [0.05, 0.1) is 29.1 Å². The van der Waals surface area contributed by atoms with Crippen LogP contribution in [-0.4, -0.2) is 40.2 Å². The zero-order valence-electron chi connectivity index (χ0n) is 15.4. The molecule has 1 N–H and O–H groups in total. The zero-order valence-corrected chi connectivity index (χ0v) is 16.1. The summed E-state index contributed by atoms with van der Waals surface area (Å²) in [7, 11) is 0. The molecule has 0 bridgehead atoms. The third kappa shape index (κ3) is 4.32. The second kappa shape index (κ2) is 8.42. The van der Waals surface area contributed by atoms with Crippen LogP contribution < -0.4 is 5.32 Å². The van der Waals surface area contributed by atoms with Gasteiger partial charge in [-0.3, -0.25) is 9.69 Å². The Bertz CT molecular complexity index is 997. The summed E-state index contributed by atoms with van der Waals surface area (Å²) in [6.07, 6.45) is 7.03. The monoisotopic (exact) mass is 392 g/mol. The van der Waals surface area contributed by atoms with Gasteiger partial charge >= 0.3 is 0 Å². The van der Waals surface area contributed by atoms with Gasteiger partial charge in [-0.1, -0.05) is 48.0 Å². The molecule has 0 unspecified atom stereocenters. The molecule has 142 valence electrons. The number of carbonyl (C=O) groups excluding carboxylic acids is 1. The molecule has 4 rings (SSSR count). The predicted molar refractivity (Wildman–Crippen MR) is 113 cm³/mol. The Balaban J connectivity index is 1.35. The van der Waals surface area contributed by atoms with Crippen LogP contribution in [0.2, 0.25) is 5.02 Å². The highest BCUT2D eigenvalue weighted by Gasteiger charge is 2.17. The minimum atomic E-state index is -0.0538. The highest BCUT2D eigenvalue weighted by atomic mass is 35.5. The van der Waals surface area contributed by atoms with Gasteiger partial charge in [0.25, 0.3) is 0 Å². The van der Waals surface area contributed by atoms with E-state index in [1.807, 2.05) is 53.3 Å². The molecule has 1 amide bonds. The number of nitrogens with zero attached hydrogens (tertiary/aromatic N) is 3. The third-order valence-electron chi connectivity index (χ3n) is 4.78. The first-order chi connectivity index (χ1) is 13.7. The molecule has 0 saturated heterocycles. The molecule has 0 spiro atoms. The van der Waals surface area contributed by atoms with Crippen molar-refractivity contribution in [2.75, 3.05) is 25.0 Å². The normalized spacial score (nSPS) is 14.5. The molecule has 0 saturated carbocycles. The van der Waals surface area contributed by atoms with E-state index in [0.717, 1.165) is 30.8 Å². The number of aromatic nitrogens is 2. The number of carbonyl (C=O) groups is 1. The van der Waals surface area contributed by atoms with E-state index >= 15 is 0 Å². The summed E-state index contributed by atoms with van der Waals surface area (Å²) in [6.45, 7) is 1.92. The standard InChI is InChI=1S/C22H21ClN4O/c23-20-8-4-5-9-21(20)25-22(28)16-26-12-10-17(11-13-26)18-14-24-27(15-18)19-6-2-1-3-7-19/h1-10,14-15H,11-13,16H2,(H,25,28). The average Bonchev–Trinajstić information content (AvgIpc) is 3.21. The molecule has 0 aliphatic carbocycles. The number of rotatable bonds is 5. The summed E-state index contributed by atoms with van der Waals surface area (Å²) >= 11 is 6.10. The number of halogens is 1. The van der Waals surface area contributed by atoms with Crippen molar-refractivity contribution in [3.63, 3.8) is 0 Å². The second-order valence-electron chi connectivity index (χ2n) is 6.75. The number of para-hydroxylation sites is 2. The van der Waals surface area contributed by atoms with E-state index in [1.54, 1.807) is 12.1 Å². The highest BCUT2D eigenvalue weighted by Crippen LogP contribution is 2.23. The minimum Gasteiger partial charge on any atom is -0.324 e. The maximum absolute atomic E-state index is 12.3. The Hall–Kier alpha value is -2.89. The molecule has 1 aliphatic rings. The number of nitrogens with one attached hydrogen (secondary N) is 1. The predicted octanol–water partition coefficient (Wildman–Crippen LogP) is 4.25. The fourth-order valence-corrected chi connectivity index (χ4v) is 3.47. The summed E-state index contributed by atoms with van der Waals surface area (Å²) in [4.78, 5) is 14.4. The van der Waals surface area contributed by atoms with Crippen molar-refractivity contribution in [2.24, 2.45) is 0 Å². The lowest BCUT2D eigenvalue weighted by molar-refractivity contribution is -0.117. The van der Waals surface area contributed by atoms with E-state index in [1.165, 1.54) is 5.57 Å². The highest BCUT2D eigenvalue weighted by molar-refractivity contribution is 6.33. The molecule has 2 heterocycles. The molecule has 2 aromatic carbocycles. The van der Waals surface area contributed by atoms with Crippen LogP contribution >= 0.6 is 11.6 Å². The van der Waals surface area contributed by atoms with Gasteiger partial charge in [-0.05, 0) is 36.3 Å². The van der Waals surface area contributed by atoms with E-state index in [-0.39, 0.29) is 5.91 Å². The van der Waals surface area contributed by atoms with Gasteiger partial charge in [-0.2, -0.15) is 5.10 Å². The molecule has 28 heavy (non-hydrogen) atoms. The molecular formula is C22H21ClN4O. The third-order valence-corrected chi connectivity index (χ3v) is 5.11. The number of hydrogen-bond acceptors (Lipinski definition) is 3. The maximum atomic E-state index is 12.3. The fourth-order valence-electron chi connectivity index (χ4n) is 3.28. The van der Waals surface area contributed by atoms with Crippen molar-refractivity contribution in [3.8, 4) is 5.69 Å². The van der Waals surface area contributed by atoms with Crippen molar-refractivity contribution in [1.29, 1.82) is 0 Å². The van der Waals surface area contributed by atoms with Crippen molar-refractivity contribution >= 4 is 28.8 Å². The van der Waals surface area contributed by atoms with Crippen LogP contribution in [0.3, 0.4) is 0 Å². The Kier molecular flexibility index (Phi) is 5.55. The van der Waals surface area contributed by atoms with Crippen molar-refractivity contribution in [2.45, 2.75) is 6.42 Å². The van der Waals surface area contributed by atoms with Gasteiger partial charge in [0.15, 0.2) is 0 Å². The number of hydrogen-bond donors (Lipinski definition) is 1. The fraction of sp³-hybridized carbons (Fsp3) is 0.182. The Morgan fingerprint density at radius 2 is 1.89 bits per heavy atom. The zero-order chi connectivity index (χ0) is 19.3. The Morgan fingerprint density at radius 3 is 2.64 bits per heavy atom. The molecule has 6 heteroatoms. The van der Waals surface area contributed by atoms with E-state index in [4.69, 9.17) is 11.6 Å². The molecule has 3 aromatic rings. The van der Waals surface area contributed by atoms with Gasteiger partial charge in [-0.15, -0.1) is 0 Å². The Labute approximate surface area is 169 Å². The molecule has 5 nitrogen and oxygen atoms in total. The molecule has 1 aliphatic heterocycles. The largest absolute Gasteiger partial charge is 0.324 e. The lowest BCUT2D eigenvalue weighted by atomic mass is 10.0. The summed E-state index contributed by atoms with van der Waals surface area (Å²) in [5.41, 5.74) is 4.09. The molecule has 1 aromatic heterocycles. The van der Waals surface area contributed by atoms with Crippen LogP contribution in [-0.2, 0) is 4.79 Å². The lowest BCUT2D eigenvalue weighted by Gasteiger charge is -2.25. The minimum absolute atomic E-state index is 0.0538. The van der Waals surface area contributed by atoms with Crippen molar-refractivity contribution in [1.82, 2.24) is 14.7 Å². The van der Waals surface area contributed by atoms with Crippen LogP contribution in [0, 0.1) is 0 Å². The summed E-state index contributed by atoms with van der Waals surface area (Å²) in [6, 6.07) is 17.3. The molecule has 0 radical (unpaired) electrons. The first-order valence-corrected chi connectivity index (χ1v) is 9.63. The van der Waals surface area contributed by atoms with Crippen LogP contribution in [0.5, 0.6) is 0 Å². The SMILES string of the molecule is O=C(CN1CC=C(c2cnn(-c3ccccc3)c2)CC1)Nc1ccccc1Cl. The quantitative estimate of drug-likeness (QED) is 0.706. The van der Waals surface area contributed by atoms with Gasteiger partial charge in [0, 0.05) is 24.8 Å². The molecular weight excluding hydrogens is 372 g/mol. The summed E-state index contributed by atoms with van der Waals surface area (Å²) in [5.74, 6) is -0.0538. The van der Waals surface area contributed by atoms with Gasteiger partial charge in [0.2, 0.25) is 5.91 Å². The molecule has 0 fully saturated rings. The van der Waals surface area contributed by atoms with E-state index in [9.17, 15) is 4.79 Å². The van der Waals surface area contributed by atoms with Crippen LogP contribution in [0.1, 0.15) is 12.0 Å². The average molecular weight is 393 g/mol. The smallest absolute Gasteiger partial charge is 0.238 e. The topological polar surface area (TPSA) is 50.2 Å². The van der Waals surface area contributed by atoms with Crippen LogP contribution in [0.15, 0.2) is 73.1 Å². The Morgan fingerprint density at radius 1 is 1.11 bits per heavy atom. The van der Waals surface area contributed by atoms with Crippen molar-refractivity contribution in [3.05, 3.63) is 83.7 Å². The van der Waals surface area contributed by atoms with E-state index < -0.39 is 0 Å². The van der Waals surface area contributed by atoms with Crippen molar-refractivity contribution < 1.29 is 4.79 Å². The number of anilines is 1. The van der Waals surface area contributed by atoms with Gasteiger partial charge < -0.3 is 5.32 Å². The van der Waals surface area contributed by atoms with E-state index in [2.05, 4.69) is 27.6 Å². The first-order valence-electron chi connectivity index (χ1n) is 9.25. The van der Waals surface area contributed by atoms with E-state index in [0.29, 0.717) is 17.3 Å². The van der Waals surface area contributed by atoms with Crippen LogP contribution in [0.25, 0.3) is 11.3 Å². The second-order valence-corrected chi connectivity index (χ2v) is 7.16. The summed E-state index contributed by atoms with van der Waals surface area (Å²) < 4.78 is 1.89. The number of amides is 1. The molecule has 0 atom stereocenters. The van der Waals surface area contributed by atoms with Gasteiger partial charge in [0.1, 0.15) is 0 Å². The maximum Gasteiger partial charge on any atom is 0.238 e. The van der Waals surface area contributed by atoms with Crippen LogP contribution in [0.4, 0.5) is 5.69 Å². The summed E-state index contributed by atoms with van der Waals surface area (Å²) in [5, 5.41) is 7.89. The van der Waals surface area contributed by atoms with Gasteiger partial charge in [-0.25, -0.2) is 4.68 Å². The lowest BCUT2D eigenvalue weighted by Crippen LogP contribution is -2.36.